The van der Waals surface area contributed by atoms with Gasteiger partial charge in [0.1, 0.15) is 0 Å². The minimum atomic E-state index is -0.479. The third kappa shape index (κ3) is 2.97. The SMILES string of the molecule is COC(=O)c1sc(Sc2nnc(-c3cccs3)n2C2CC2)nc1Cl. The van der Waals surface area contributed by atoms with Crippen molar-refractivity contribution < 1.29 is 9.53 Å². The number of aromatic nitrogens is 4. The lowest BCUT2D eigenvalue weighted by Crippen LogP contribution is -1.98. The second-order valence-corrected chi connectivity index (χ2v) is 8.60. The molecule has 3 aromatic heterocycles. The number of ether oxygens (including phenoxy) is 1. The normalized spacial score (nSPS) is 14.1. The number of esters is 1. The van der Waals surface area contributed by atoms with Gasteiger partial charge in [0.15, 0.2) is 25.4 Å². The lowest BCUT2D eigenvalue weighted by Gasteiger charge is -2.06. The number of hydrogen-bond acceptors (Lipinski definition) is 8. The van der Waals surface area contributed by atoms with Crippen molar-refractivity contribution in [2.24, 2.45) is 0 Å². The molecule has 0 radical (unpaired) electrons. The van der Waals surface area contributed by atoms with Crippen molar-refractivity contribution in [1.82, 2.24) is 19.7 Å². The van der Waals surface area contributed by atoms with Gasteiger partial charge >= 0.3 is 5.97 Å². The first-order chi connectivity index (χ1) is 11.7. The van der Waals surface area contributed by atoms with Gasteiger partial charge in [-0.2, -0.15) is 0 Å². The van der Waals surface area contributed by atoms with Gasteiger partial charge in [-0.1, -0.05) is 29.0 Å². The lowest BCUT2D eigenvalue weighted by molar-refractivity contribution is 0.0606. The van der Waals surface area contributed by atoms with Crippen molar-refractivity contribution in [3.8, 4) is 10.7 Å². The third-order valence-electron chi connectivity index (χ3n) is 3.43. The summed E-state index contributed by atoms with van der Waals surface area (Å²) in [5.74, 6) is 0.401. The highest BCUT2D eigenvalue weighted by atomic mass is 35.5. The maximum Gasteiger partial charge on any atom is 0.351 e. The molecule has 0 unspecified atom stereocenters. The second-order valence-electron chi connectivity index (χ2n) is 5.08. The number of halogens is 1. The predicted octanol–water partition coefficient (Wildman–Crippen LogP) is 4.39. The minimum absolute atomic E-state index is 0.158. The summed E-state index contributed by atoms with van der Waals surface area (Å²) in [4.78, 5) is 17.3. The van der Waals surface area contributed by atoms with Gasteiger partial charge in [0.05, 0.1) is 12.0 Å². The molecule has 3 heterocycles. The molecule has 1 fully saturated rings. The van der Waals surface area contributed by atoms with Crippen LogP contribution in [-0.4, -0.2) is 32.8 Å². The van der Waals surface area contributed by atoms with Gasteiger partial charge in [0.2, 0.25) is 0 Å². The third-order valence-corrected chi connectivity index (χ3v) is 6.74. The molecule has 1 saturated carbocycles. The molecule has 6 nitrogen and oxygen atoms in total. The van der Waals surface area contributed by atoms with Crippen molar-refractivity contribution in [3.05, 3.63) is 27.5 Å². The highest BCUT2D eigenvalue weighted by molar-refractivity contribution is 8.00. The molecule has 0 saturated heterocycles. The molecule has 0 bridgehead atoms. The van der Waals surface area contributed by atoms with E-state index >= 15 is 0 Å². The zero-order chi connectivity index (χ0) is 16.7. The number of thiazole rings is 1. The molecule has 1 aliphatic carbocycles. The highest BCUT2D eigenvalue weighted by Gasteiger charge is 2.31. The Kier molecular flexibility index (Phi) is 4.33. The standard InChI is InChI=1S/C14H11ClN4O2S3/c1-21-12(20)9-10(15)16-14(23-9)24-13-18-17-11(8-3-2-6-22-8)19(13)7-4-5-7/h2-3,6-7H,4-5H2,1H3. The van der Waals surface area contributed by atoms with E-state index in [2.05, 4.69) is 19.7 Å². The Morgan fingerprint density at radius 1 is 1.46 bits per heavy atom. The van der Waals surface area contributed by atoms with Crippen LogP contribution in [0.1, 0.15) is 28.6 Å². The molecule has 124 valence electrons. The molecule has 1 aliphatic rings. The fourth-order valence-electron chi connectivity index (χ4n) is 2.21. The second kappa shape index (κ2) is 6.47. The summed E-state index contributed by atoms with van der Waals surface area (Å²) in [6, 6.07) is 4.47. The van der Waals surface area contributed by atoms with Crippen LogP contribution in [0.15, 0.2) is 27.0 Å². The van der Waals surface area contributed by atoms with Gasteiger partial charge in [0.25, 0.3) is 0 Å². The van der Waals surface area contributed by atoms with Crippen LogP contribution in [-0.2, 0) is 4.74 Å². The van der Waals surface area contributed by atoms with Crippen LogP contribution in [0.5, 0.6) is 0 Å². The molecule has 3 aromatic rings. The van der Waals surface area contributed by atoms with Crippen molar-refractivity contribution >= 4 is 52.0 Å². The fourth-order valence-corrected chi connectivity index (χ4v) is 5.25. The van der Waals surface area contributed by atoms with E-state index in [0.717, 1.165) is 28.7 Å². The summed E-state index contributed by atoms with van der Waals surface area (Å²) in [6.45, 7) is 0. The predicted molar refractivity (Wildman–Crippen MR) is 94.2 cm³/mol. The molecule has 4 rings (SSSR count). The van der Waals surface area contributed by atoms with Gasteiger partial charge < -0.3 is 4.74 Å². The maximum atomic E-state index is 11.7. The molecule has 0 spiro atoms. The van der Waals surface area contributed by atoms with E-state index in [-0.39, 0.29) is 5.15 Å². The van der Waals surface area contributed by atoms with E-state index in [1.807, 2.05) is 17.5 Å². The number of carbonyl (C=O) groups is 1. The lowest BCUT2D eigenvalue weighted by atomic mass is 10.4. The molecular weight excluding hydrogens is 388 g/mol. The number of rotatable bonds is 5. The molecule has 0 aromatic carbocycles. The molecule has 10 heteroatoms. The monoisotopic (exact) mass is 398 g/mol. The average molecular weight is 399 g/mol. The Morgan fingerprint density at radius 3 is 2.96 bits per heavy atom. The van der Waals surface area contributed by atoms with Gasteiger partial charge in [-0.25, -0.2) is 9.78 Å². The van der Waals surface area contributed by atoms with E-state index in [1.54, 1.807) is 11.3 Å². The highest BCUT2D eigenvalue weighted by Crippen LogP contribution is 2.44. The van der Waals surface area contributed by atoms with Crippen LogP contribution in [0.3, 0.4) is 0 Å². The van der Waals surface area contributed by atoms with Crippen LogP contribution in [0.4, 0.5) is 0 Å². The first kappa shape index (κ1) is 16.1. The number of carbonyl (C=O) groups excluding carboxylic acids is 1. The van der Waals surface area contributed by atoms with Crippen LogP contribution in [0.25, 0.3) is 10.7 Å². The largest absolute Gasteiger partial charge is 0.465 e. The summed E-state index contributed by atoms with van der Waals surface area (Å²) in [5, 5.41) is 11.6. The minimum Gasteiger partial charge on any atom is -0.465 e. The summed E-state index contributed by atoms with van der Waals surface area (Å²) >= 11 is 10.2. The van der Waals surface area contributed by atoms with E-state index in [0.29, 0.717) is 15.3 Å². The van der Waals surface area contributed by atoms with E-state index < -0.39 is 5.97 Å². The fraction of sp³-hybridized carbons (Fsp3) is 0.286. The first-order valence-corrected chi connectivity index (χ1v) is 9.97. The summed E-state index contributed by atoms with van der Waals surface area (Å²) in [7, 11) is 1.32. The Labute approximate surface area is 154 Å². The number of hydrogen-bond donors (Lipinski definition) is 0. The topological polar surface area (TPSA) is 69.9 Å². The number of methoxy groups -OCH3 is 1. The molecule has 0 aliphatic heterocycles. The van der Waals surface area contributed by atoms with E-state index in [1.165, 1.54) is 30.2 Å². The van der Waals surface area contributed by atoms with Gasteiger partial charge in [0, 0.05) is 6.04 Å². The first-order valence-electron chi connectivity index (χ1n) is 7.08. The van der Waals surface area contributed by atoms with Crippen LogP contribution < -0.4 is 0 Å². The Morgan fingerprint density at radius 2 is 2.29 bits per heavy atom. The molecular formula is C14H11ClN4O2S3. The number of thiophene rings is 1. The average Bonchev–Trinajstić information content (AvgIpc) is 3.00. The van der Waals surface area contributed by atoms with Crippen molar-refractivity contribution in [3.63, 3.8) is 0 Å². The van der Waals surface area contributed by atoms with Gasteiger partial charge in [-0.15, -0.1) is 21.5 Å². The van der Waals surface area contributed by atoms with E-state index in [9.17, 15) is 4.79 Å². The molecule has 24 heavy (non-hydrogen) atoms. The quantitative estimate of drug-likeness (QED) is 0.593. The summed E-state index contributed by atoms with van der Waals surface area (Å²) < 4.78 is 7.51. The molecule has 0 N–H and O–H groups in total. The zero-order valence-electron chi connectivity index (χ0n) is 12.4. The van der Waals surface area contributed by atoms with Crippen LogP contribution in [0.2, 0.25) is 5.15 Å². The maximum absolute atomic E-state index is 11.7. The van der Waals surface area contributed by atoms with Crippen molar-refractivity contribution in [2.75, 3.05) is 7.11 Å². The number of nitrogens with zero attached hydrogens (tertiary/aromatic N) is 4. The summed E-state index contributed by atoms with van der Waals surface area (Å²) in [5.41, 5.74) is 0. The van der Waals surface area contributed by atoms with Crippen LogP contribution >= 0.6 is 46.0 Å². The zero-order valence-corrected chi connectivity index (χ0v) is 15.6. The van der Waals surface area contributed by atoms with Gasteiger partial charge in [-0.3, -0.25) is 4.57 Å². The summed E-state index contributed by atoms with van der Waals surface area (Å²) in [6.07, 6.45) is 2.24. The van der Waals surface area contributed by atoms with Crippen LogP contribution in [0, 0.1) is 0 Å². The Bertz CT molecular complexity index is 886. The van der Waals surface area contributed by atoms with Crippen molar-refractivity contribution in [1.29, 1.82) is 0 Å². The Balaban J connectivity index is 1.67. The molecule has 0 atom stereocenters. The Hall–Kier alpha value is -1.42. The smallest absolute Gasteiger partial charge is 0.351 e. The van der Waals surface area contributed by atoms with E-state index in [4.69, 9.17) is 16.3 Å². The molecule has 0 amide bonds. The van der Waals surface area contributed by atoms with Crippen molar-refractivity contribution in [2.45, 2.75) is 28.4 Å². The van der Waals surface area contributed by atoms with Gasteiger partial charge in [-0.05, 0) is 36.0 Å².